The smallest absolute Gasteiger partial charge is 0.412 e. The fourth-order valence-corrected chi connectivity index (χ4v) is 5.76. The summed E-state index contributed by atoms with van der Waals surface area (Å²) in [6, 6.07) is 21.9. The number of nitrogens with zero attached hydrogens (tertiary/aromatic N) is 4. The summed E-state index contributed by atoms with van der Waals surface area (Å²) in [4.78, 5) is 49.0. The van der Waals surface area contributed by atoms with Crippen molar-refractivity contribution in [1.29, 1.82) is 0 Å². The number of rotatable bonds is 6. The number of imidazole rings is 1. The Kier molecular flexibility index (Phi) is 8.39. The maximum atomic E-state index is 13.7. The number of aliphatic imine (C=N–C) groups is 1. The lowest BCUT2D eigenvalue weighted by Gasteiger charge is -2.32. The van der Waals surface area contributed by atoms with Gasteiger partial charge < -0.3 is 19.4 Å². The first kappa shape index (κ1) is 30.7. The zero-order valence-electron chi connectivity index (χ0n) is 24.7. The van der Waals surface area contributed by atoms with Crippen molar-refractivity contribution in [3.63, 3.8) is 0 Å². The second kappa shape index (κ2) is 12.6. The van der Waals surface area contributed by atoms with Crippen LogP contribution in [0.1, 0.15) is 30.0 Å². The van der Waals surface area contributed by atoms with E-state index in [0.717, 1.165) is 5.56 Å². The molecule has 10 nitrogen and oxygen atoms in total. The Morgan fingerprint density at radius 2 is 1.65 bits per heavy atom. The predicted octanol–water partition coefficient (Wildman–Crippen LogP) is 5.40. The number of alkyl halides is 3. The largest absolute Gasteiger partial charge is 0.497 e. The third-order valence-electron chi connectivity index (χ3n) is 8.01. The molecule has 2 aliphatic rings. The second-order valence-corrected chi connectivity index (χ2v) is 11.0. The third-order valence-corrected chi connectivity index (χ3v) is 8.01. The van der Waals surface area contributed by atoms with E-state index in [1.54, 1.807) is 66.4 Å². The molecule has 1 fully saturated rings. The first-order valence-electron chi connectivity index (χ1n) is 14.6. The molecule has 0 radical (unpaired) electrons. The number of likely N-dealkylation sites (tertiary alicyclic amines) is 1. The minimum atomic E-state index is -4.72. The van der Waals surface area contributed by atoms with Crippen LogP contribution in [0.15, 0.2) is 94.8 Å². The molecule has 1 saturated heterocycles. The van der Waals surface area contributed by atoms with Crippen LogP contribution in [0, 0.1) is 0 Å². The standard InChI is InChI=1S/C33H30F3N5O5/c1-45-24-11-7-10-22(18-24)26-19-40(31(43)37-26)23-14-16-39(17-15-23)32(44)46-29-30(42)41(20-33(34,35)36)27-13-6-5-12-25(27)28(38-29)21-8-3-2-4-9-21/h2-13,18-19,23,29H,14-17,20H2,1H3,(H,37,43)/t29-/m0/s1. The van der Waals surface area contributed by atoms with E-state index in [9.17, 15) is 27.6 Å². The molecule has 1 N–H and O–H groups in total. The first-order chi connectivity index (χ1) is 22.1. The lowest BCUT2D eigenvalue weighted by atomic mass is 10.0. The van der Waals surface area contributed by atoms with Gasteiger partial charge in [-0.2, -0.15) is 13.2 Å². The van der Waals surface area contributed by atoms with Crippen molar-refractivity contribution in [3.05, 3.63) is 107 Å². The molecule has 0 spiro atoms. The Hall–Kier alpha value is -5.33. The Balaban J connectivity index is 1.21. The lowest BCUT2D eigenvalue weighted by Crippen LogP contribution is -2.47. The number of halogens is 3. The molecule has 0 bridgehead atoms. The van der Waals surface area contributed by atoms with E-state index in [2.05, 4.69) is 9.98 Å². The number of hydrogen-bond donors (Lipinski definition) is 1. The van der Waals surface area contributed by atoms with Gasteiger partial charge in [-0.3, -0.25) is 14.3 Å². The molecular formula is C33H30F3N5O5. The van der Waals surface area contributed by atoms with Gasteiger partial charge in [0.1, 0.15) is 12.3 Å². The maximum Gasteiger partial charge on any atom is 0.412 e. The van der Waals surface area contributed by atoms with Gasteiger partial charge in [0.05, 0.1) is 24.2 Å². The van der Waals surface area contributed by atoms with Gasteiger partial charge >= 0.3 is 18.0 Å². The number of carbonyl (C=O) groups excluding carboxylic acids is 2. The number of piperidine rings is 1. The Morgan fingerprint density at radius 3 is 2.37 bits per heavy atom. The number of nitrogens with one attached hydrogen (secondary N) is 1. The van der Waals surface area contributed by atoms with Crippen molar-refractivity contribution < 1.29 is 32.2 Å². The monoisotopic (exact) mass is 633 g/mol. The zero-order valence-corrected chi connectivity index (χ0v) is 24.7. The van der Waals surface area contributed by atoms with E-state index in [4.69, 9.17) is 9.47 Å². The van der Waals surface area contributed by atoms with Gasteiger partial charge in [-0.1, -0.05) is 60.7 Å². The zero-order chi connectivity index (χ0) is 32.4. The lowest BCUT2D eigenvalue weighted by molar-refractivity contribution is -0.137. The van der Waals surface area contributed by atoms with E-state index in [-0.39, 0.29) is 36.2 Å². The van der Waals surface area contributed by atoms with Crippen LogP contribution < -0.4 is 15.3 Å². The molecule has 4 aromatic rings. The first-order valence-corrected chi connectivity index (χ1v) is 14.6. The van der Waals surface area contributed by atoms with Gasteiger partial charge in [0, 0.05) is 42.0 Å². The number of ether oxygens (including phenoxy) is 2. The van der Waals surface area contributed by atoms with Crippen molar-refractivity contribution >= 4 is 23.4 Å². The van der Waals surface area contributed by atoms with Crippen LogP contribution in [0.5, 0.6) is 5.75 Å². The Morgan fingerprint density at radius 1 is 0.957 bits per heavy atom. The summed E-state index contributed by atoms with van der Waals surface area (Å²) in [5.74, 6) is -0.460. The molecule has 0 saturated carbocycles. The van der Waals surface area contributed by atoms with Crippen molar-refractivity contribution in [2.75, 3.05) is 31.6 Å². The highest BCUT2D eigenvalue weighted by molar-refractivity contribution is 6.20. The van der Waals surface area contributed by atoms with Crippen LogP contribution in [0.2, 0.25) is 0 Å². The highest BCUT2D eigenvalue weighted by Crippen LogP contribution is 2.32. The van der Waals surface area contributed by atoms with Crippen molar-refractivity contribution in [2.45, 2.75) is 31.3 Å². The van der Waals surface area contributed by atoms with Crippen molar-refractivity contribution in [3.8, 4) is 17.0 Å². The van der Waals surface area contributed by atoms with Gasteiger partial charge in [-0.15, -0.1) is 0 Å². The molecular weight excluding hydrogens is 603 g/mol. The molecule has 3 heterocycles. The number of methoxy groups -OCH3 is 1. The fraction of sp³-hybridized carbons (Fsp3) is 0.273. The van der Waals surface area contributed by atoms with Crippen LogP contribution in [0.25, 0.3) is 11.3 Å². The summed E-state index contributed by atoms with van der Waals surface area (Å²) in [5.41, 5.74) is 2.19. The number of aromatic nitrogens is 2. The topological polar surface area (TPSA) is 109 Å². The third kappa shape index (κ3) is 6.39. The minimum Gasteiger partial charge on any atom is -0.497 e. The molecule has 13 heteroatoms. The van der Waals surface area contributed by atoms with Gasteiger partial charge in [0.2, 0.25) is 0 Å². The number of fused-ring (bicyclic) bond motifs is 1. The number of carbonyl (C=O) groups is 2. The van der Waals surface area contributed by atoms with Crippen molar-refractivity contribution in [2.24, 2.45) is 4.99 Å². The summed E-state index contributed by atoms with van der Waals surface area (Å²) in [7, 11) is 1.56. The average Bonchev–Trinajstić information content (AvgIpc) is 3.42. The van der Waals surface area contributed by atoms with E-state index in [1.807, 2.05) is 18.2 Å². The van der Waals surface area contributed by atoms with Crippen molar-refractivity contribution in [1.82, 2.24) is 14.5 Å². The quantitative estimate of drug-likeness (QED) is 0.306. The Labute approximate surface area is 261 Å². The molecule has 6 rings (SSSR count). The minimum absolute atomic E-state index is 0.0112. The van der Waals surface area contributed by atoms with Gasteiger partial charge in [0.15, 0.2) is 0 Å². The number of benzene rings is 3. The van der Waals surface area contributed by atoms with E-state index < -0.39 is 30.9 Å². The number of H-pyrrole nitrogens is 1. The number of benzodiazepines with no additional fused rings is 1. The van der Waals surface area contributed by atoms with Gasteiger partial charge in [-0.05, 0) is 31.0 Å². The van der Waals surface area contributed by atoms with E-state index in [0.29, 0.717) is 40.3 Å². The number of para-hydroxylation sites is 1. The van der Waals surface area contributed by atoms with Gasteiger partial charge in [0.25, 0.3) is 12.1 Å². The summed E-state index contributed by atoms with van der Waals surface area (Å²) in [6.45, 7) is -1.19. The number of hydrogen-bond acceptors (Lipinski definition) is 6. The molecule has 0 unspecified atom stereocenters. The summed E-state index contributed by atoms with van der Waals surface area (Å²) in [6.07, 6.45) is -4.91. The molecule has 2 aliphatic heterocycles. The molecule has 238 valence electrons. The van der Waals surface area contributed by atoms with E-state index in [1.165, 1.54) is 17.0 Å². The van der Waals surface area contributed by atoms with Crippen LogP contribution >= 0.6 is 0 Å². The number of aromatic amines is 1. The predicted molar refractivity (Wildman–Crippen MR) is 164 cm³/mol. The fourth-order valence-electron chi connectivity index (χ4n) is 5.76. The molecule has 1 aromatic heterocycles. The highest BCUT2D eigenvalue weighted by Gasteiger charge is 2.41. The summed E-state index contributed by atoms with van der Waals surface area (Å²) >= 11 is 0. The molecule has 46 heavy (non-hydrogen) atoms. The molecule has 2 amide bonds. The van der Waals surface area contributed by atoms with Crippen LogP contribution in [0.4, 0.5) is 23.7 Å². The van der Waals surface area contributed by atoms with Crippen LogP contribution in [-0.4, -0.2) is 71.3 Å². The maximum absolute atomic E-state index is 13.7. The molecule has 1 atom stereocenters. The normalized spacial score (nSPS) is 17.3. The summed E-state index contributed by atoms with van der Waals surface area (Å²) < 4.78 is 53.5. The number of amides is 2. The van der Waals surface area contributed by atoms with Crippen LogP contribution in [0.3, 0.4) is 0 Å². The number of anilines is 1. The molecule has 3 aromatic carbocycles. The molecule has 0 aliphatic carbocycles. The SMILES string of the molecule is COc1cccc(-c2cn(C3CCN(C(=O)O[C@@H]4N=C(c5ccccc5)c5ccccc5N(CC(F)(F)F)C4=O)CC3)c(=O)[nH]2)c1. The van der Waals surface area contributed by atoms with E-state index >= 15 is 0 Å². The second-order valence-electron chi connectivity index (χ2n) is 11.0. The van der Waals surface area contributed by atoms with Gasteiger partial charge in [-0.25, -0.2) is 14.6 Å². The highest BCUT2D eigenvalue weighted by atomic mass is 19.4. The average molecular weight is 634 g/mol. The summed E-state index contributed by atoms with van der Waals surface area (Å²) in [5, 5.41) is 0. The van der Waals surface area contributed by atoms with Crippen LogP contribution in [-0.2, 0) is 9.53 Å². The Bertz CT molecular complexity index is 1830.